The van der Waals surface area contributed by atoms with Crippen molar-refractivity contribution in [3.63, 3.8) is 0 Å². The van der Waals surface area contributed by atoms with Crippen molar-refractivity contribution in [1.29, 1.82) is 0 Å². The van der Waals surface area contributed by atoms with Crippen LogP contribution in [0.4, 0.5) is 0 Å². The van der Waals surface area contributed by atoms with Crippen molar-refractivity contribution >= 4 is 11.8 Å². The van der Waals surface area contributed by atoms with Crippen LogP contribution in [0, 0.1) is 0 Å². The second-order valence-corrected chi connectivity index (χ2v) is 4.77. The van der Waals surface area contributed by atoms with Crippen LogP contribution in [-0.4, -0.2) is 27.5 Å². The summed E-state index contributed by atoms with van der Waals surface area (Å²) in [6.07, 6.45) is 8.83. The zero-order valence-electron chi connectivity index (χ0n) is 12.3. The van der Waals surface area contributed by atoms with Crippen LogP contribution in [-0.2, 0) is 0 Å². The zero-order valence-corrected chi connectivity index (χ0v) is 12.3. The number of benzene rings is 1. The summed E-state index contributed by atoms with van der Waals surface area (Å²) in [5, 5.41) is 0. The van der Waals surface area contributed by atoms with E-state index in [0.717, 1.165) is 17.7 Å². The molecule has 0 unspecified atom stereocenters. The lowest BCUT2D eigenvalue weighted by Crippen LogP contribution is -2.01. The highest BCUT2D eigenvalue weighted by Crippen LogP contribution is 2.45. The molecule has 0 bridgehead atoms. The fourth-order valence-corrected chi connectivity index (χ4v) is 2.66. The van der Waals surface area contributed by atoms with Crippen LogP contribution in [0.2, 0.25) is 0 Å². The Hall–Kier alpha value is -2.49. The van der Waals surface area contributed by atoms with E-state index < -0.39 is 0 Å². The van der Waals surface area contributed by atoms with Crippen LogP contribution >= 0.6 is 0 Å². The average molecular weight is 283 g/mol. The van der Waals surface area contributed by atoms with Gasteiger partial charge in [-0.3, -0.25) is 4.99 Å². The standard InChI is InChI=1S/C17H17NO3/c1-19-15-7-5-13(16(20-2)17(15)21-3)11-4-6-14-12(10-11)8-9-18-14/h4-9H,10H2,1-3H3. The first-order valence-corrected chi connectivity index (χ1v) is 6.72. The molecule has 1 aromatic carbocycles. The molecule has 0 saturated heterocycles. The zero-order chi connectivity index (χ0) is 14.8. The topological polar surface area (TPSA) is 40.0 Å². The number of ether oxygens (including phenoxy) is 3. The van der Waals surface area contributed by atoms with Crippen molar-refractivity contribution in [3.8, 4) is 17.2 Å². The quantitative estimate of drug-likeness (QED) is 0.850. The van der Waals surface area contributed by atoms with Gasteiger partial charge in [-0.15, -0.1) is 0 Å². The van der Waals surface area contributed by atoms with Gasteiger partial charge >= 0.3 is 0 Å². The molecule has 0 fully saturated rings. The first kappa shape index (κ1) is 13.5. The second kappa shape index (κ2) is 5.48. The Morgan fingerprint density at radius 1 is 0.857 bits per heavy atom. The van der Waals surface area contributed by atoms with Crippen molar-refractivity contribution in [2.75, 3.05) is 21.3 Å². The molecule has 2 aliphatic rings. The Balaban J connectivity index is 2.07. The number of methoxy groups -OCH3 is 3. The molecule has 21 heavy (non-hydrogen) atoms. The third kappa shape index (κ3) is 2.23. The summed E-state index contributed by atoms with van der Waals surface area (Å²) < 4.78 is 16.3. The maximum Gasteiger partial charge on any atom is 0.203 e. The van der Waals surface area contributed by atoms with Gasteiger partial charge in [0, 0.05) is 18.2 Å². The van der Waals surface area contributed by atoms with Gasteiger partial charge in [-0.2, -0.15) is 0 Å². The molecule has 1 aromatic rings. The average Bonchev–Trinajstić information content (AvgIpc) is 3.00. The van der Waals surface area contributed by atoms with E-state index in [1.54, 1.807) is 21.3 Å². The number of fused-ring (bicyclic) bond motifs is 1. The number of rotatable bonds is 4. The smallest absolute Gasteiger partial charge is 0.203 e. The summed E-state index contributed by atoms with van der Waals surface area (Å²) in [6.45, 7) is 0. The number of allylic oxidation sites excluding steroid dienone is 5. The van der Waals surface area contributed by atoms with Gasteiger partial charge in [0.1, 0.15) is 0 Å². The molecular formula is C17H17NO3. The highest BCUT2D eigenvalue weighted by Gasteiger charge is 2.21. The van der Waals surface area contributed by atoms with Crippen LogP contribution in [0.25, 0.3) is 5.57 Å². The molecule has 1 aliphatic heterocycles. The van der Waals surface area contributed by atoms with Crippen molar-refractivity contribution in [3.05, 3.63) is 47.2 Å². The molecule has 1 aliphatic carbocycles. The van der Waals surface area contributed by atoms with Crippen LogP contribution in [0.1, 0.15) is 12.0 Å². The van der Waals surface area contributed by atoms with Crippen molar-refractivity contribution < 1.29 is 14.2 Å². The Morgan fingerprint density at radius 3 is 2.38 bits per heavy atom. The van der Waals surface area contributed by atoms with Crippen LogP contribution in [0.5, 0.6) is 17.2 Å². The first-order valence-electron chi connectivity index (χ1n) is 6.72. The van der Waals surface area contributed by atoms with E-state index in [0.29, 0.717) is 17.2 Å². The van der Waals surface area contributed by atoms with E-state index in [2.05, 4.69) is 11.1 Å². The molecule has 0 aromatic heterocycles. The molecule has 1 heterocycles. The third-order valence-electron chi connectivity index (χ3n) is 3.69. The summed E-state index contributed by atoms with van der Waals surface area (Å²) in [6, 6.07) is 3.90. The summed E-state index contributed by atoms with van der Waals surface area (Å²) in [5.41, 5.74) is 4.45. The van der Waals surface area contributed by atoms with Gasteiger partial charge in [-0.1, -0.05) is 6.08 Å². The van der Waals surface area contributed by atoms with Crippen LogP contribution in [0.15, 0.2) is 46.6 Å². The summed E-state index contributed by atoms with van der Waals surface area (Å²) in [7, 11) is 4.88. The second-order valence-electron chi connectivity index (χ2n) is 4.77. The molecular weight excluding hydrogens is 266 g/mol. The molecule has 0 amide bonds. The van der Waals surface area contributed by atoms with Gasteiger partial charge in [0.15, 0.2) is 11.5 Å². The largest absolute Gasteiger partial charge is 0.493 e. The maximum atomic E-state index is 5.56. The molecule has 3 rings (SSSR count). The molecule has 0 atom stereocenters. The first-order chi connectivity index (χ1) is 10.3. The SMILES string of the molecule is COc1ccc(C2=CC=C3N=CC=C3C2)c(OC)c1OC. The fourth-order valence-electron chi connectivity index (χ4n) is 2.66. The lowest BCUT2D eigenvalue weighted by molar-refractivity contribution is 0.324. The van der Waals surface area contributed by atoms with Crippen molar-refractivity contribution in [2.45, 2.75) is 6.42 Å². The number of aliphatic imine (C=N–C) groups is 1. The van der Waals surface area contributed by atoms with E-state index in [4.69, 9.17) is 14.2 Å². The minimum absolute atomic E-state index is 0.616. The maximum absolute atomic E-state index is 5.56. The highest BCUT2D eigenvalue weighted by atomic mass is 16.5. The van der Waals surface area contributed by atoms with Gasteiger partial charge in [0.25, 0.3) is 0 Å². The Morgan fingerprint density at radius 2 is 1.67 bits per heavy atom. The van der Waals surface area contributed by atoms with Gasteiger partial charge in [0.2, 0.25) is 5.75 Å². The molecule has 0 spiro atoms. The predicted octanol–water partition coefficient (Wildman–Crippen LogP) is 3.39. The van der Waals surface area contributed by atoms with Crippen LogP contribution < -0.4 is 14.2 Å². The van der Waals surface area contributed by atoms with Gasteiger partial charge in [-0.25, -0.2) is 0 Å². The monoisotopic (exact) mass is 283 g/mol. The predicted molar refractivity (Wildman–Crippen MR) is 83.4 cm³/mol. The molecule has 0 N–H and O–H groups in total. The third-order valence-corrected chi connectivity index (χ3v) is 3.69. The van der Waals surface area contributed by atoms with Gasteiger partial charge in [0.05, 0.1) is 27.0 Å². The molecule has 108 valence electrons. The van der Waals surface area contributed by atoms with E-state index in [1.165, 1.54) is 11.1 Å². The van der Waals surface area contributed by atoms with Crippen molar-refractivity contribution in [1.82, 2.24) is 0 Å². The molecule has 4 heteroatoms. The fraction of sp³-hybridized carbons (Fsp3) is 0.235. The van der Waals surface area contributed by atoms with E-state index >= 15 is 0 Å². The number of hydrogen-bond acceptors (Lipinski definition) is 4. The molecule has 0 saturated carbocycles. The minimum atomic E-state index is 0.616. The van der Waals surface area contributed by atoms with E-state index in [-0.39, 0.29) is 0 Å². The van der Waals surface area contributed by atoms with Crippen molar-refractivity contribution in [2.24, 2.45) is 4.99 Å². The normalized spacial score (nSPS) is 15.9. The summed E-state index contributed by atoms with van der Waals surface area (Å²) in [5.74, 6) is 1.97. The minimum Gasteiger partial charge on any atom is -0.493 e. The van der Waals surface area contributed by atoms with Gasteiger partial charge < -0.3 is 14.2 Å². The lowest BCUT2D eigenvalue weighted by Gasteiger charge is -2.19. The molecule has 4 nitrogen and oxygen atoms in total. The van der Waals surface area contributed by atoms with E-state index in [1.807, 2.05) is 30.5 Å². The van der Waals surface area contributed by atoms with E-state index in [9.17, 15) is 0 Å². The summed E-state index contributed by atoms with van der Waals surface area (Å²) in [4.78, 5) is 4.31. The number of hydrogen-bond donors (Lipinski definition) is 0. The van der Waals surface area contributed by atoms with Crippen LogP contribution in [0.3, 0.4) is 0 Å². The Kier molecular flexibility index (Phi) is 3.52. The van der Waals surface area contributed by atoms with Gasteiger partial charge in [-0.05, 0) is 35.4 Å². The number of nitrogens with zero attached hydrogens (tertiary/aromatic N) is 1. The lowest BCUT2D eigenvalue weighted by atomic mass is 9.92. The Labute approximate surface area is 124 Å². The Bertz CT molecular complexity index is 696. The summed E-state index contributed by atoms with van der Waals surface area (Å²) >= 11 is 0. The molecule has 0 radical (unpaired) electrons. The highest BCUT2D eigenvalue weighted by molar-refractivity contribution is 5.86.